The Balaban J connectivity index is 2.42. The summed E-state index contributed by atoms with van der Waals surface area (Å²) in [6.45, 7) is 6.23. The molecule has 76 valence electrons. The van der Waals surface area contributed by atoms with Gasteiger partial charge in [-0.25, -0.2) is 0 Å². The largest absolute Gasteiger partial charge is 0.253 e. The molecule has 0 aliphatic heterocycles. The first-order chi connectivity index (χ1) is 7.31. The summed E-state index contributed by atoms with van der Waals surface area (Å²) < 4.78 is 0. The summed E-state index contributed by atoms with van der Waals surface area (Å²) in [7, 11) is 0. The number of rotatable bonds is 3. The van der Waals surface area contributed by atoms with Crippen LogP contribution >= 0.6 is 0 Å². The summed E-state index contributed by atoms with van der Waals surface area (Å²) in [5.74, 6) is 0. The molecule has 2 rings (SSSR count). The Bertz CT molecular complexity index is 489. The van der Waals surface area contributed by atoms with Crippen molar-refractivity contribution in [3.05, 3.63) is 42.7 Å². The van der Waals surface area contributed by atoms with Gasteiger partial charge in [0.1, 0.15) is 0 Å². The van der Waals surface area contributed by atoms with Gasteiger partial charge < -0.3 is 0 Å². The van der Waals surface area contributed by atoms with Crippen molar-refractivity contribution in [2.45, 2.75) is 19.8 Å². The lowest BCUT2D eigenvalue weighted by atomic mass is 10.0. The lowest BCUT2D eigenvalue weighted by Gasteiger charge is -2.04. The fourth-order valence-corrected chi connectivity index (χ4v) is 1.63. The van der Waals surface area contributed by atoms with Gasteiger partial charge >= 0.3 is 0 Å². The maximum absolute atomic E-state index is 4.28. The molecule has 0 atom stereocenters. The third-order valence-electron chi connectivity index (χ3n) is 2.43. The molecule has 0 saturated heterocycles. The van der Waals surface area contributed by atoms with E-state index >= 15 is 0 Å². The van der Waals surface area contributed by atoms with E-state index in [1.165, 1.54) is 11.1 Å². The zero-order chi connectivity index (χ0) is 10.7. The molecule has 2 nitrogen and oxygen atoms in total. The van der Waals surface area contributed by atoms with E-state index in [2.05, 4.69) is 35.6 Å². The number of hydrogen-bond donors (Lipinski definition) is 0. The van der Waals surface area contributed by atoms with Crippen molar-refractivity contribution in [3.8, 4) is 0 Å². The molecule has 1 heterocycles. The van der Waals surface area contributed by atoms with Crippen LogP contribution in [-0.2, 0) is 0 Å². The molecule has 0 spiro atoms. The SMILES string of the molecule is C=C(CCC)c1ccc2nccnc2c1. The second-order valence-electron chi connectivity index (χ2n) is 3.61. The van der Waals surface area contributed by atoms with Crippen LogP contribution in [0.2, 0.25) is 0 Å². The summed E-state index contributed by atoms with van der Waals surface area (Å²) in [4.78, 5) is 8.52. The van der Waals surface area contributed by atoms with Crippen LogP contribution < -0.4 is 0 Å². The number of hydrogen-bond acceptors (Lipinski definition) is 2. The first-order valence-electron chi connectivity index (χ1n) is 5.20. The van der Waals surface area contributed by atoms with Gasteiger partial charge in [0.05, 0.1) is 11.0 Å². The smallest absolute Gasteiger partial charge is 0.0892 e. The Hall–Kier alpha value is -1.70. The lowest BCUT2D eigenvalue weighted by molar-refractivity contribution is 0.975. The van der Waals surface area contributed by atoms with Crippen molar-refractivity contribution in [2.75, 3.05) is 0 Å². The molecule has 1 aromatic carbocycles. The van der Waals surface area contributed by atoms with Crippen molar-refractivity contribution in [1.82, 2.24) is 9.97 Å². The van der Waals surface area contributed by atoms with Gasteiger partial charge in [0.25, 0.3) is 0 Å². The van der Waals surface area contributed by atoms with Crippen LogP contribution in [0.5, 0.6) is 0 Å². The Kier molecular flexibility index (Phi) is 2.77. The topological polar surface area (TPSA) is 25.8 Å². The van der Waals surface area contributed by atoms with E-state index in [1.54, 1.807) is 12.4 Å². The Morgan fingerprint density at radius 3 is 2.67 bits per heavy atom. The fourth-order valence-electron chi connectivity index (χ4n) is 1.63. The summed E-state index contributed by atoms with van der Waals surface area (Å²) in [6, 6.07) is 6.12. The average molecular weight is 198 g/mol. The minimum atomic E-state index is 0.936. The maximum atomic E-state index is 4.28. The van der Waals surface area contributed by atoms with Gasteiger partial charge in [-0.2, -0.15) is 0 Å². The highest BCUT2D eigenvalue weighted by atomic mass is 14.8. The van der Waals surface area contributed by atoms with Crippen molar-refractivity contribution >= 4 is 16.6 Å². The number of fused-ring (bicyclic) bond motifs is 1. The number of benzene rings is 1. The first kappa shape index (κ1) is 9.84. The van der Waals surface area contributed by atoms with Crippen LogP contribution in [-0.4, -0.2) is 9.97 Å². The van der Waals surface area contributed by atoms with Gasteiger partial charge in [0.15, 0.2) is 0 Å². The van der Waals surface area contributed by atoms with Crippen LogP contribution in [0, 0.1) is 0 Å². The normalized spacial score (nSPS) is 10.5. The lowest BCUT2D eigenvalue weighted by Crippen LogP contribution is -1.86. The molecular formula is C13H14N2. The standard InChI is InChI=1S/C13H14N2/c1-3-4-10(2)11-5-6-12-13(9-11)15-8-7-14-12/h5-9H,2-4H2,1H3. The van der Waals surface area contributed by atoms with Gasteiger partial charge in [0.2, 0.25) is 0 Å². The van der Waals surface area contributed by atoms with Crippen LogP contribution in [0.25, 0.3) is 16.6 Å². The second-order valence-corrected chi connectivity index (χ2v) is 3.61. The Morgan fingerprint density at radius 1 is 1.20 bits per heavy atom. The zero-order valence-corrected chi connectivity index (χ0v) is 8.90. The molecule has 0 amide bonds. The highest BCUT2D eigenvalue weighted by Gasteiger charge is 2.00. The van der Waals surface area contributed by atoms with Gasteiger partial charge in [-0.15, -0.1) is 0 Å². The van der Waals surface area contributed by atoms with Crippen molar-refractivity contribution in [3.63, 3.8) is 0 Å². The average Bonchev–Trinajstić information content (AvgIpc) is 2.29. The molecule has 2 aromatic rings. The second kappa shape index (κ2) is 4.22. The molecule has 0 bridgehead atoms. The molecule has 2 heteroatoms. The predicted octanol–water partition coefficient (Wildman–Crippen LogP) is 3.44. The summed E-state index contributed by atoms with van der Waals surface area (Å²) in [5, 5.41) is 0. The Morgan fingerprint density at radius 2 is 1.93 bits per heavy atom. The molecule has 0 aliphatic rings. The number of nitrogens with zero attached hydrogens (tertiary/aromatic N) is 2. The quantitative estimate of drug-likeness (QED) is 0.755. The first-order valence-corrected chi connectivity index (χ1v) is 5.20. The summed E-state index contributed by atoms with van der Waals surface area (Å²) >= 11 is 0. The van der Waals surface area contributed by atoms with Gasteiger partial charge in [-0.3, -0.25) is 9.97 Å². The highest BCUT2D eigenvalue weighted by Crippen LogP contribution is 2.20. The molecule has 15 heavy (non-hydrogen) atoms. The minimum absolute atomic E-state index is 0.936. The van der Waals surface area contributed by atoms with Crippen LogP contribution in [0.15, 0.2) is 37.2 Å². The molecule has 0 fully saturated rings. The maximum Gasteiger partial charge on any atom is 0.0892 e. The molecule has 0 N–H and O–H groups in total. The van der Waals surface area contributed by atoms with Crippen LogP contribution in [0.1, 0.15) is 25.3 Å². The summed E-state index contributed by atoms with van der Waals surface area (Å²) in [6.07, 6.45) is 5.58. The Labute approximate surface area is 89.7 Å². The molecular weight excluding hydrogens is 184 g/mol. The van der Waals surface area contributed by atoms with Crippen molar-refractivity contribution in [1.29, 1.82) is 0 Å². The van der Waals surface area contributed by atoms with E-state index in [0.29, 0.717) is 0 Å². The van der Waals surface area contributed by atoms with Gasteiger partial charge in [-0.1, -0.05) is 26.0 Å². The van der Waals surface area contributed by atoms with E-state index in [4.69, 9.17) is 0 Å². The van der Waals surface area contributed by atoms with Crippen molar-refractivity contribution in [2.24, 2.45) is 0 Å². The molecule has 0 saturated carbocycles. The third-order valence-corrected chi connectivity index (χ3v) is 2.43. The van der Waals surface area contributed by atoms with Gasteiger partial charge in [-0.05, 0) is 29.7 Å². The molecule has 1 aromatic heterocycles. The van der Waals surface area contributed by atoms with Crippen molar-refractivity contribution < 1.29 is 0 Å². The molecule has 0 unspecified atom stereocenters. The summed E-state index contributed by atoms with van der Waals surface area (Å²) in [5.41, 5.74) is 4.22. The number of allylic oxidation sites excluding steroid dienone is 1. The van der Waals surface area contributed by atoms with Crippen LogP contribution in [0.3, 0.4) is 0 Å². The van der Waals surface area contributed by atoms with E-state index < -0.39 is 0 Å². The van der Waals surface area contributed by atoms with E-state index in [-0.39, 0.29) is 0 Å². The molecule has 0 radical (unpaired) electrons. The van der Waals surface area contributed by atoms with Gasteiger partial charge in [0, 0.05) is 12.4 Å². The van der Waals surface area contributed by atoms with E-state index in [9.17, 15) is 0 Å². The predicted molar refractivity (Wildman–Crippen MR) is 63.5 cm³/mol. The monoisotopic (exact) mass is 198 g/mol. The zero-order valence-electron chi connectivity index (χ0n) is 8.90. The molecule has 0 aliphatic carbocycles. The highest BCUT2D eigenvalue weighted by molar-refractivity contribution is 5.79. The van der Waals surface area contributed by atoms with Crippen LogP contribution in [0.4, 0.5) is 0 Å². The fraction of sp³-hybridized carbons (Fsp3) is 0.231. The van der Waals surface area contributed by atoms with E-state index in [0.717, 1.165) is 23.9 Å². The number of aromatic nitrogens is 2. The minimum Gasteiger partial charge on any atom is -0.253 e. The third kappa shape index (κ3) is 2.04. The van der Waals surface area contributed by atoms with E-state index in [1.807, 2.05) is 6.07 Å².